The van der Waals surface area contributed by atoms with Gasteiger partial charge in [0.15, 0.2) is 17.5 Å². The zero-order chi connectivity index (χ0) is 16.4. The van der Waals surface area contributed by atoms with Crippen molar-refractivity contribution in [3.8, 4) is 0 Å². The molecular weight excluding hydrogens is 311 g/mol. The Morgan fingerprint density at radius 1 is 1.14 bits per heavy atom. The van der Waals surface area contributed by atoms with Crippen LogP contribution in [0.25, 0.3) is 0 Å². The molecule has 2 aromatic rings. The molecule has 2 unspecified atom stereocenters. The fraction of sp³-hybridized carbons (Fsp3) is 0.375. The molecule has 0 saturated carbocycles. The molecule has 0 aliphatic heterocycles. The van der Waals surface area contributed by atoms with Crippen molar-refractivity contribution in [2.75, 3.05) is 6.61 Å². The molecule has 2 nitrogen and oxygen atoms in total. The standard InChI is InChI=1S/C16H18F3NOS/c1-8-4-12(10(3)22-8)9(2)20-15(7-21)11-5-13(17)16(19)14(18)6-11/h4-6,9,15,20-21H,7H2,1-3H3. The minimum absolute atomic E-state index is 0.113. The molecule has 0 radical (unpaired) electrons. The molecule has 2 rings (SSSR count). The first-order valence-corrected chi connectivity index (χ1v) is 7.73. The van der Waals surface area contributed by atoms with E-state index in [2.05, 4.69) is 5.32 Å². The number of rotatable bonds is 5. The lowest BCUT2D eigenvalue weighted by Crippen LogP contribution is -2.27. The van der Waals surface area contributed by atoms with Crippen molar-refractivity contribution in [1.82, 2.24) is 5.32 Å². The van der Waals surface area contributed by atoms with Gasteiger partial charge in [-0.1, -0.05) is 0 Å². The molecule has 120 valence electrons. The maximum absolute atomic E-state index is 13.3. The van der Waals surface area contributed by atoms with Crippen molar-refractivity contribution < 1.29 is 18.3 Å². The van der Waals surface area contributed by atoms with Gasteiger partial charge in [-0.25, -0.2) is 13.2 Å². The SMILES string of the molecule is Cc1cc(C(C)NC(CO)c2cc(F)c(F)c(F)c2)c(C)s1. The van der Waals surface area contributed by atoms with Crippen LogP contribution in [-0.2, 0) is 0 Å². The Bertz CT molecular complexity index is 648. The quantitative estimate of drug-likeness (QED) is 0.807. The summed E-state index contributed by atoms with van der Waals surface area (Å²) in [7, 11) is 0. The Kier molecular flexibility index (Phi) is 5.26. The molecule has 2 atom stereocenters. The first-order chi connectivity index (χ1) is 10.3. The number of hydrogen-bond acceptors (Lipinski definition) is 3. The van der Waals surface area contributed by atoms with Crippen molar-refractivity contribution in [3.63, 3.8) is 0 Å². The van der Waals surface area contributed by atoms with Gasteiger partial charge in [0.05, 0.1) is 12.6 Å². The number of thiophene rings is 1. The minimum atomic E-state index is -1.50. The van der Waals surface area contributed by atoms with Gasteiger partial charge in [-0.15, -0.1) is 11.3 Å². The number of aliphatic hydroxyl groups excluding tert-OH is 1. The van der Waals surface area contributed by atoms with Crippen molar-refractivity contribution in [1.29, 1.82) is 0 Å². The molecule has 0 saturated heterocycles. The molecule has 22 heavy (non-hydrogen) atoms. The Labute approximate surface area is 131 Å². The number of nitrogens with one attached hydrogen (secondary N) is 1. The zero-order valence-electron chi connectivity index (χ0n) is 12.6. The fourth-order valence-corrected chi connectivity index (χ4v) is 3.52. The van der Waals surface area contributed by atoms with E-state index in [1.54, 1.807) is 11.3 Å². The normalized spacial score (nSPS) is 14.1. The molecular formula is C16H18F3NOS. The highest BCUT2D eigenvalue weighted by Crippen LogP contribution is 2.28. The first kappa shape index (κ1) is 17.0. The van der Waals surface area contributed by atoms with Crippen molar-refractivity contribution in [3.05, 3.63) is 56.5 Å². The van der Waals surface area contributed by atoms with Gasteiger partial charge < -0.3 is 10.4 Å². The Hall–Kier alpha value is -1.37. The number of hydrogen-bond donors (Lipinski definition) is 2. The lowest BCUT2D eigenvalue weighted by atomic mass is 10.0. The van der Waals surface area contributed by atoms with Crippen LogP contribution in [0.5, 0.6) is 0 Å². The molecule has 0 fully saturated rings. The van der Waals surface area contributed by atoms with Crippen LogP contribution in [0.4, 0.5) is 13.2 Å². The summed E-state index contributed by atoms with van der Waals surface area (Å²) < 4.78 is 39.7. The van der Waals surface area contributed by atoms with Gasteiger partial charge in [0, 0.05) is 15.8 Å². The van der Waals surface area contributed by atoms with Gasteiger partial charge in [0.25, 0.3) is 0 Å². The lowest BCUT2D eigenvalue weighted by Gasteiger charge is -2.22. The van der Waals surface area contributed by atoms with E-state index in [-0.39, 0.29) is 18.2 Å². The summed E-state index contributed by atoms with van der Waals surface area (Å²) >= 11 is 1.66. The maximum Gasteiger partial charge on any atom is 0.194 e. The molecule has 2 N–H and O–H groups in total. The van der Waals surface area contributed by atoms with Crippen LogP contribution in [0.1, 0.15) is 39.9 Å². The monoisotopic (exact) mass is 329 g/mol. The van der Waals surface area contributed by atoms with Gasteiger partial charge in [-0.2, -0.15) is 0 Å². The number of aryl methyl sites for hydroxylation is 2. The summed E-state index contributed by atoms with van der Waals surface area (Å²) in [5, 5.41) is 12.6. The van der Waals surface area contributed by atoms with Gasteiger partial charge >= 0.3 is 0 Å². The Morgan fingerprint density at radius 2 is 1.73 bits per heavy atom. The molecule has 1 heterocycles. The van der Waals surface area contributed by atoms with Crippen molar-refractivity contribution in [2.24, 2.45) is 0 Å². The average Bonchev–Trinajstić information content (AvgIpc) is 2.80. The van der Waals surface area contributed by atoms with E-state index < -0.39 is 23.5 Å². The third-order valence-electron chi connectivity index (χ3n) is 3.59. The van der Waals surface area contributed by atoms with Crippen molar-refractivity contribution in [2.45, 2.75) is 32.9 Å². The Balaban J connectivity index is 2.24. The molecule has 6 heteroatoms. The highest BCUT2D eigenvalue weighted by atomic mass is 32.1. The summed E-state index contributed by atoms with van der Waals surface area (Å²) in [6.45, 7) is 5.56. The van der Waals surface area contributed by atoms with E-state index in [0.717, 1.165) is 22.6 Å². The zero-order valence-corrected chi connectivity index (χ0v) is 13.4. The number of benzene rings is 1. The van der Waals surface area contributed by atoms with Crippen LogP contribution in [0.2, 0.25) is 0 Å². The van der Waals surface area contributed by atoms with E-state index in [1.807, 2.05) is 26.8 Å². The van der Waals surface area contributed by atoms with Crippen LogP contribution in [0.15, 0.2) is 18.2 Å². The number of aliphatic hydroxyl groups is 1. The van der Waals surface area contributed by atoms with E-state index in [1.165, 1.54) is 4.88 Å². The maximum atomic E-state index is 13.3. The van der Waals surface area contributed by atoms with E-state index in [4.69, 9.17) is 0 Å². The molecule has 0 bridgehead atoms. The van der Waals surface area contributed by atoms with E-state index >= 15 is 0 Å². The second kappa shape index (κ2) is 6.81. The summed E-state index contributed by atoms with van der Waals surface area (Å²) in [6.07, 6.45) is 0. The third-order valence-corrected chi connectivity index (χ3v) is 4.57. The smallest absolute Gasteiger partial charge is 0.194 e. The van der Waals surface area contributed by atoms with Crippen LogP contribution >= 0.6 is 11.3 Å². The summed E-state index contributed by atoms with van der Waals surface area (Å²) in [4.78, 5) is 2.31. The van der Waals surface area contributed by atoms with Gasteiger partial charge in [-0.05, 0) is 50.1 Å². The highest BCUT2D eigenvalue weighted by molar-refractivity contribution is 7.12. The largest absolute Gasteiger partial charge is 0.394 e. The molecule has 0 aliphatic rings. The predicted octanol–water partition coefficient (Wildman–Crippen LogP) is 4.17. The third kappa shape index (κ3) is 3.51. The number of halogens is 3. The minimum Gasteiger partial charge on any atom is -0.394 e. The van der Waals surface area contributed by atoms with Gasteiger partial charge in [-0.3, -0.25) is 0 Å². The molecule has 1 aromatic carbocycles. The van der Waals surface area contributed by atoms with Crippen LogP contribution in [-0.4, -0.2) is 11.7 Å². The summed E-state index contributed by atoms with van der Waals surface area (Å²) in [5.74, 6) is -4.02. The van der Waals surface area contributed by atoms with Crippen LogP contribution < -0.4 is 5.32 Å². The fourth-order valence-electron chi connectivity index (χ4n) is 2.50. The molecule has 0 spiro atoms. The molecule has 1 aromatic heterocycles. The van der Waals surface area contributed by atoms with Crippen molar-refractivity contribution >= 4 is 11.3 Å². The van der Waals surface area contributed by atoms with E-state index in [0.29, 0.717) is 0 Å². The summed E-state index contributed by atoms with van der Waals surface area (Å²) in [6, 6.07) is 3.06. The lowest BCUT2D eigenvalue weighted by molar-refractivity contribution is 0.234. The second-order valence-corrected chi connectivity index (χ2v) is 6.75. The predicted molar refractivity (Wildman–Crippen MR) is 81.5 cm³/mol. The molecule has 0 amide bonds. The average molecular weight is 329 g/mol. The van der Waals surface area contributed by atoms with Gasteiger partial charge in [0.1, 0.15) is 0 Å². The topological polar surface area (TPSA) is 32.3 Å². The van der Waals surface area contributed by atoms with Crippen LogP contribution in [0, 0.1) is 31.3 Å². The van der Waals surface area contributed by atoms with Crippen LogP contribution in [0.3, 0.4) is 0 Å². The van der Waals surface area contributed by atoms with Gasteiger partial charge in [0.2, 0.25) is 0 Å². The van der Waals surface area contributed by atoms with E-state index in [9.17, 15) is 18.3 Å². The summed E-state index contributed by atoms with van der Waals surface area (Å²) in [5.41, 5.74) is 1.25. The molecule has 0 aliphatic carbocycles. The first-order valence-electron chi connectivity index (χ1n) is 6.91. The second-order valence-electron chi connectivity index (χ2n) is 5.29. The Morgan fingerprint density at radius 3 is 2.18 bits per heavy atom. The highest BCUT2D eigenvalue weighted by Gasteiger charge is 2.20.